The van der Waals surface area contributed by atoms with E-state index in [-0.39, 0.29) is 24.3 Å². The molecule has 10 heteroatoms. The van der Waals surface area contributed by atoms with Gasteiger partial charge in [0.25, 0.3) is 0 Å². The fourth-order valence-corrected chi connectivity index (χ4v) is 5.86. The maximum atomic E-state index is 14.5. The normalized spacial score (nSPS) is 14.6. The second-order valence-electron chi connectivity index (χ2n) is 14.4. The van der Waals surface area contributed by atoms with Gasteiger partial charge in [-0.05, 0) is 58.1 Å². The standard InChI is InChI=1S/C36H56N4O6/c1-15-45-33(43)24(6)20-28(22(2)3)39(13)32(42)29(23(4)5)37-31(41)30(40(14)34(44)46-35(7,8)9)36(10,11)26-21-38(12)27-19-17-16-18-25(26)27/h16-23,28-30H,15H2,1-14H3,(H,37,41)/b24-20+/t28-,29+,30-/m1/s1. The van der Waals surface area contributed by atoms with Crippen LogP contribution in [0.4, 0.5) is 4.79 Å². The topological polar surface area (TPSA) is 110 Å². The lowest BCUT2D eigenvalue weighted by Crippen LogP contribution is -2.61. The monoisotopic (exact) mass is 640 g/mol. The van der Waals surface area contributed by atoms with Crippen molar-refractivity contribution < 1.29 is 28.7 Å². The number of fused-ring (bicyclic) bond motifs is 1. The van der Waals surface area contributed by atoms with Crippen molar-refractivity contribution in [1.82, 2.24) is 19.7 Å². The predicted molar refractivity (Wildman–Crippen MR) is 182 cm³/mol. The van der Waals surface area contributed by atoms with E-state index in [0.29, 0.717) is 5.57 Å². The highest BCUT2D eigenvalue weighted by molar-refractivity contribution is 5.94. The number of rotatable bonds is 12. The Balaban J connectivity index is 2.59. The number of nitrogens with zero attached hydrogens (tertiary/aromatic N) is 3. The van der Waals surface area contributed by atoms with Crippen LogP contribution in [0.1, 0.15) is 81.7 Å². The van der Waals surface area contributed by atoms with Crippen molar-refractivity contribution in [3.8, 4) is 0 Å². The van der Waals surface area contributed by atoms with E-state index in [4.69, 9.17) is 9.47 Å². The molecule has 0 unspecified atom stereocenters. The summed E-state index contributed by atoms with van der Waals surface area (Å²) >= 11 is 0. The van der Waals surface area contributed by atoms with Crippen molar-refractivity contribution in [1.29, 1.82) is 0 Å². The Labute approximate surface area is 275 Å². The van der Waals surface area contributed by atoms with Crippen molar-refractivity contribution in [2.45, 2.75) is 105 Å². The van der Waals surface area contributed by atoms with Crippen LogP contribution in [0.2, 0.25) is 0 Å². The minimum Gasteiger partial charge on any atom is -0.463 e. The van der Waals surface area contributed by atoms with E-state index in [1.54, 1.807) is 59.7 Å². The summed E-state index contributed by atoms with van der Waals surface area (Å²) in [4.78, 5) is 57.3. The van der Waals surface area contributed by atoms with E-state index in [0.717, 1.165) is 16.5 Å². The molecule has 0 fully saturated rings. The minimum atomic E-state index is -1.04. The average molecular weight is 641 g/mol. The Morgan fingerprint density at radius 2 is 1.54 bits per heavy atom. The maximum Gasteiger partial charge on any atom is 0.410 e. The van der Waals surface area contributed by atoms with Gasteiger partial charge < -0.3 is 24.3 Å². The number of likely N-dealkylation sites (N-methyl/N-ethyl adjacent to an activating group) is 2. The first-order chi connectivity index (χ1) is 21.1. The molecule has 0 aliphatic heterocycles. The Hall–Kier alpha value is -3.82. The van der Waals surface area contributed by atoms with Crippen LogP contribution in [0.25, 0.3) is 10.9 Å². The number of benzene rings is 1. The summed E-state index contributed by atoms with van der Waals surface area (Å²) in [6, 6.07) is 5.53. The van der Waals surface area contributed by atoms with Crippen LogP contribution in [0.3, 0.4) is 0 Å². The van der Waals surface area contributed by atoms with E-state index in [9.17, 15) is 19.2 Å². The van der Waals surface area contributed by atoms with Gasteiger partial charge in [-0.1, -0.05) is 65.8 Å². The van der Waals surface area contributed by atoms with Crippen LogP contribution >= 0.6 is 0 Å². The third-order valence-corrected chi connectivity index (χ3v) is 8.32. The highest BCUT2D eigenvalue weighted by Gasteiger charge is 2.45. The number of amides is 3. The van der Waals surface area contributed by atoms with Gasteiger partial charge >= 0.3 is 12.1 Å². The van der Waals surface area contributed by atoms with Gasteiger partial charge in [0.1, 0.15) is 17.7 Å². The Kier molecular flexibility index (Phi) is 12.7. The molecule has 1 heterocycles. The molecule has 2 aromatic rings. The molecule has 10 nitrogen and oxygen atoms in total. The molecular weight excluding hydrogens is 584 g/mol. The highest BCUT2D eigenvalue weighted by atomic mass is 16.6. The molecule has 0 saturated heterocycles. The lowest BCUT2D eigenvalue weighted by Gasteiger charge is -2.41. The fraction of sp³-hybridized carbons (Fsp3) is 0.611. The van der Waals surface area contributed by atoms with E-state index in [1.807, 2.05) is 83.6 Å². The first-order valence-electron chi connectivity index (χ1n) is 16.1. The van der Waals surface area contributed by atoms with Gasteiger partial charge in [0.05, 0.1) is 12.6 Å². The largest absolute Gasteiger partial charge is 0.463 e. The molecule has 256 valence electrons. The summed E-state index contributed by atoms with van der Waals surface area (Å²) in [5.74, 6) is -1.54. The molecule has 0 saturated carbocycles. The van der Waals surface area contributed by atoms with Crippen molar-refractivity contribution in [3.05, 3.63) is 47.7 Å². The van der Waals surface area contributed by atoms with Crippen LogP contribution in [0.5, 0.6) is 0 Å². The SMILES string of the molecule is CCOC(=O)/C(C)=C/[C@H](C(C)C)N(C)C(=O)[C@@H](NC(=O)[C@@H](N(C)C(=O)OC(C)(C)C)C(C)(C)c1cn(C)c2ccccc12)C(C)C. The van der Waals surface area contributed by atoms with Crippen LogP contribution in [-0.2, 0) is 36.3 Å². The number of hydrogen-bond acceptors (Lipinski definition) is 6. The van der Waals surface area contributed by atoms with Crippen LogP contribution in [0.15, 0.2) is 42.1 Å². The van der Waals surface area contributed by atoms with Gasteiger partial charge in [-0.15, -0.1) is 0 Å². The van der Waals surface area contributed by atoms with Gasteiger partial charge in [0.2, 0.25) is 11.8 Å². The molecule has 0 bridgehead atoms. The second-order valence-corrected chi connectivity index (χ2v) is 14.4. The molecule has 3 atom stereocenters. The average Bonchev–Trinajstić information content (AvgIpc) is 3.29. The number of aromatic nitrogens is 1. The quantitative estimate of drug-likeness (QED) is 0.231. The minimum absolute atomic E-state index is 0.0295. The van der Waals surface area contributed by atoms with Crippen molar-refractivity contribution in [2.75, 3.05) is 20.7 Å². The molecule has 3 amide bonds. The number of aryl methyl sites for hydroxylation is 1. The molecule has 0 aliphatic carbocycles. The zero-order chi connectivity index (χ0) is 35.3. The van der Waals surface area contributed by atoms with E-state index >= 15 is 0 Å². The molecule has 0 radical (unpaired) electrons. The Morgan fingerprint density at radius 3 is 2.07 bits per heavy atom. The summed E-state index contributed by atoms with van der Waals surface area (Å²) in [7, 11) is 5.18. The summed E-state index contributed by atoms with van der Waals surface area (Å²) in [5, 5.41) is 3.98. The zero-order valence-electron chi connectivity index (χ0n) is 30.3. The molecule has 1 aromatic carbocycles. The van der Waals surface area contributed by atoms with Gasteiger partial charge in [0.15, 0.2) is 0 Å². The lowest BCUT2D eigenvalue weighted by molar-refractivity contribution is -0.140. The van der Waals surface area contributed by atoms with Gasteiger partial charge in [0, 0.05) is 49.2 Å². The fourth-order valence-electron chi connectivity index (χ4n) is 5.86. The highest BCUT2D eigenvalue weighted by Crippen LogP contribution is 2.37. The number of esters is 1. The van der Waals surface area contributed by atoms with Crippen LogP contribution in [-0.4, -0.2) is 82.7 Å². The van der Waals surface area contributed by atoms with Crippen molar-refractivity contribution in [2.24, 2.45) is 18.9 Å². The number of carbonyl (C=O) groups is 4. The number of ether oxygens (including phenoxy) is 2. The Morgan fingerprint density at radius 1 is 0.957 bits per heavy atom. The van der Waals surface area contributed by atoms with E-state index in [1.165, 1.54) is 4.90 Å². The maximum absolute atomic E-state index is 14.5. The zero-order valence-corrected chi connectivity index (χ0v) is 30.3. The molecule has 1 aromatic heterocycles. The molecule has 0 aliphatic rings. The van der Waals surface area contributed by atoms with Gasteiger partial charge in [-0.25, -0.2) is 9.59 Å². The number of carbonyl (C=O) groups excluding carboxylic acids is 4. The Bertz CT molecular complexity index is 1430. The lowest BCUT2D eigenvalue weighted by atomic mass is 9.76. The van der Waals surface area contributed by atoms with Gasteiger partial charge in [-0.3, -0.25) is 14.5 Å². The second kappa shape index (κ2) is 15.2. The number of hydrogen-bond donors (Lipinski definition) is 1. The molecular formula is C36H56N4O6. The summed E-state index contributed by atoms with van der Waals surface area (Å²) in [6.45, 7) is 20.5. The van der Waals surface area contributed by atoms with Crippen LogP contribution in [0, 0.1) is 11.8 Å². The molecule has 0 spiro atoms. The first-order valence-corrected chi connectivity index (χ1v) is 16.1. The third-order valence-electron chi connectivity index (χ3n) is 8.32. The number of para-hydroxylation sites is 1. The predicted octanol–water partition coefficient (Wildman–Crippen LogP) is 5.82. The van der Waals surface area contributed by atoms with Gasteiger partial charge in [-0.2, -0.15) is 0 Å². The van der Waals surface area contributed by atoms with Crippen molar-refractivity contribution in [3.63, 3.8) is 0 Å². The van der Waals surface area contributed by atoms with Crippen molar-refractivity contribution >= 4 is 34.8 Å². The molecule has 46 heavy (non-hydrogen) atoms. The van der Waals surface area contributed by atoms with E-state index < -0.39 is 47.1 Å². The first kappa shape index (κ1) is 38.4. The van der Waals surface area contributed by atoms with E-state index in [2.05, 4.69) is 5.32 Å². The number of nitrogens with one attached hydrogen (secondary N) is 1. The van der Waals surface area contributed by atoms with Crippen LogP contribution < -0.4 is 5.32 Å². The smallest absolute Gasteiger partial charge is 0.410 e. The summed E-state index contributed by atoms with van der Waals surface area (Å²) in [5.41, 5.74) is 0.585. The summed E-state index contributed by atoms with van der Waals surface area (Å²) in [6.07, 6.45) is 3.07. The third kappa shape index (κ3) is 8.91. The molecule has 1 N–H and O–H groups in total. The molecule has 2 rings (SSSR count). The summed E-state index contributed by atoms with van der Waals surface area (Å²) < 4.78 is 12.9.